The largest absolute Gasteiger partial charge is 0.465 e. The van der Waals surface area contributed by atoms with Crippen LogP contribution in [0.2, 0.25) is 5.02 Å². The predicted octanol–water partition coefficient (Wildman–Crippen LogP) is 4.91. The summed E-state index contributed by atoms with van der Waals surface area (Å²) in [5.74, 6) is 0.516. The second-order valence-corrected chi connectivity index (χ2v) is 6.57. The fourth-order valence-electron chi connectivity index (χ4n) is 3.10. The summed E-state index contributed by atoms with van der Waals surface area (Å²) >= 11 is 5.88. The lowest BCUT2D eigenvalue weighted by molar-refractivity contribution is 0.201. The van der Waals surface area contributed by atoms with E-state index in [-0.39, 0.29) is 12.4 Å². The molecule has 1 aliphatic rings. The predicted molar refractivity (Wildman–Crippen MR) is 104 cm³/mol. The molecule has 3 rings (SSSR count). The summed E-state index contributed by atoms with van der Waals surface area (Å²) < 4.78 is 0. The summed E-state index contributed by atoms with van der Waals surface area (Å²) in [6.45, 7) is 2.38. The first kappa shape index (κ1) is 19.6. The zero-order valence-corrected chi connectivity index (χ0v) is 15.4. The van der Waals surface area contributed by atoms with Crippen molar-refractivity contribution < 1.29 is 9.90 Å². The van der Waals surface area contributed by atoms with Gasteiger partial charge < -0.3 is 10.4 Å². The molecule has 1 atom stereocenters. The van der Waals surface area contributed by atoms with E-state index in [4.69, 9.17) is 11.6 Å². The third-order valence-electron chi connectivity index (χ3n) is 4.46. The van der Waals surface area contributed by atoms with Crippen LogP contribution in [0.5, 0.6) is 0 Å². The molecule has 6 heteroatoms. The number of benzene rings is 2. The smallest absolute Gasteiger partial charge is 0.412 e. The maximum atomic E-state index is 11.6. The van der Waals surface area contributed by atoms with Crippen LogP contribution < -0.4 is 10.2 Å². The molecule has 2 N–H and O–H groups in total. The van der Waals surface area contributed by atoms with E-state index in [2.05, 4.69) is 5.32 Å². The van der Waals surface area contributed by atoms with Crippen molar-refractivity contribution in [1.82, 2.24) is 5.32 Å². The lowest BCUT2D eigenvalue weighted by Crippen LogP contribution is -2.29. The van der Waals surface area contributed by atoms with Gasteiger partial charge in [-0.3, -0.25) is 4.90 Å². The molecule has 4 nitrogen and oxygen atoms in total. The number of halogens is 2. The molecule has 0 unspecified atom stereocenters. The van der Waals surface area contributed by atoms with Crippen LogP contribution in [0.3, 0.4) is 0 Å². The number of rotatable bonds is 4. The van der Waals surface area contributed by atoms with Crippen molar-refractivity contribution in [1.29, 1.82) is 0 Å². The highest BCUT2D eigenvalue weighted by Crippen LogP contribution is 2.26. The second kappa shape index (κ2) is 9.09. The maximum Gasteiger partial charge on any atom is 0.412 e. The first-order chi connectivity index (χ1) is 11.6. The summed E-state index contributed by atoms with van der Waals surface area (Å²) in [4.78, 5) is 13.0. The molecular weight excluding hydrogens is 359 g/mol. The Bertz CT molecular complexity index is 684. The van der Waals surface area contributed by atoms with E-state index < -0.39 is 6.09 Å². The molecule has 0 saturated carbocycles. The third kappa shape index (κ3) is 5.11. The van der Waals surface area contributed by atoms with Gasteiger partial charge in [0.1, 0.15) is 0 Å². The third-order valence-corrected chi connectivity index (χ3v) is 4.71. The zero-order chi connectivity index (χ0) is 16.9. The molecule has 1 heterocycles. The van der Waals surface area contributed by atoms with E-state index in [0.717, 1.165) is 18.7 Å². The number of anilines is 1. The molecule has 1 aliphatic heterocycles. The fourth-order valence-corrected chi connectivity index (χ4v) is 3.23. The highest BCUT2D eigenvalue weighted by molar-refractivity contribution is 6.30. The van der Waals surface area contributed by atoms with Crippen LogP contribution in [0.4, 0.5) is 10.5 Å². The van der Waals surface area contributed by atoms with E-state index in [1.165, 1.54) is 23.3 Å². The van der Waals surface area contributed by atoms with E-state index in [9.17, 15) is 9.90 Å². The molecule has 2 aromatic rings. The topological polar surface area (TPSA) is 52.6 Å². The molecule has 25 heavy (non-hydrogen) atoms. The molecule has 0 spiro atoms. The fraction of sp³-hybridized carbons (Fsp3) is 0.316. The van der Waals surface area contributed by atoms with Gasteiger partial charge in [-0.2, -0.15) is 0 Å². The molecule has 0 aromatic heterocycles. The quantitative estimate of drug-likeness (QED) is 0.791. The van der Waals surface area contributed by atoms with Crippen molar-refractivity contribution in [2.24, 2.45) is 0 Å². The highest BCUT2D eigenvalue weighted by atomic mass is 35.5. The summed E-state index contributed by atoms with van der Waals surface area (Å²) in [5, 5.41) is 13.6. The summed E-state index contributed by atoms with van der Waals surface area (Å²) in [6.07, 6.45) is 1.40. The number of carbonyl (C=O) groups is 1. The van der Waals surface area contributed by atoms with Crippen molar-refractivity contribution >= 4 is 35.8 Å². The van der Waals surface area contributed by atoms with Crippen LogP contribution >= 0.6 is 24.0 Å². The lowest BCUT2D eigenvalue weighted by Gasteiger charge is -2.24. The number of nitrogens with one attached hydrogen (secondary N) is 1. The molecule has 0 bridgehead atoms. The Labute approximate surface area is 159 Å². The lowest BCUT2D eigenvalue weighted by atomic mass is 9.91. The minimum Gasteiger partial charge on any atom is -0.465 e. The number of amides is 1. The van der Waals surface area contributed by atoms with Crippen molar-refractivity contribution in [2.75, 3.05) is 18.0 Å². The number of carboxylic acid groups (broad SMARTS) is 1. The van der Waals surface area contributed by atoms with Crippen LogP contribution in [0.15, 0.2) is 48.5 Å². The van der Waals surface area contributed by atoms with Gasteiger partial charge in [-0.25, -0.2) is 4.79 Å². The molecular formula is C19H22Cl2N2O2. The van der Waals surface area contributed by atoms with E-state index in [0.29, 0.717) is 23.2 Å². The highest BCUT2D eigenvalue weighted by Gasteiger charge is 2.18. The Balaban J connectivity index is 0.00000225. The van der Waals surface area contributed by atoms with E-state index >= 15 is 0 Å². The summed E-state index contributed by atoms with van der Waals surface area (Å²) in [6, 6.07) is 15.1. The average Bonchev–Trinajstić information content (AvgIpc) is 2.62. The van der Waals surface area contributed by atoms with Crippen LogP contribution in [-0.2, 0) is 6.54 Å². The number of hydrogen-bond acceptors (Lipinski definition) is 2. The number of hydrogen-bond donors (Lipinski definition) is 2. The minimum atomic E-state index is -0.961. The Kier molecular flexibility index (Phi) is 7.12. The Hall–Kier alpha value is -1.75. The van der Waals surface area contributed by atoms with Crippen molar-refractivity contribution in [3.63, 3.8) is 0 Å². The van der Waals surface area contributed by atoms with Gasteiger partial charge >= 0.3 is 6.09 Å². The van der Waals surface area contributed by atoms with E-state index in [1.807, 2.05) is 36.4 Å². The van der Waals surface area contributed by atoms with Crippen LogP contribution in [0.25, 0.3) is 0 Å². The Morgan fingerprint density at radius 3 is 2.40 bits per heavy atom. The van der Waals surface area contributed by atoms with Crippen molar-refractivity contribution in [3.8, 4) is 0 Å². The van der Waals surface area contributed by atoms with Crippen molar-refractivity contribution in [3.05, 3.63) is 64.7 Å². The normalized spacial score (nSPS) is 16.8. The molecule has 0 radical (unpaired) electrons. The zero-order valence-electron chi connectivity index (χ0n) is 13.8. The van der Waals surface area contributed by atoms with Crippen molar-refractivity contribution in [2.45, 2.75) is 25.3 Å². The Morgan fingerprint density at radius 2 is 1.84 bits per heavy atom. The molecule has 2 aromatic carbocycles. The Morgan fingerprint density at radius 1 is 1.16 bits per heavy atom. The van der Waals surface area contributed by atoms with Gasteiger partial charge in [-0.05, 0) is 60.7 Å². The van der Waals surface area contributed by atoms with Crippen LogP contribution in [0, 0.1) is 0 Å². The van der Waals surface area contributed by atoms with Gasteiger partial charge in [0.25, 0.3) is 0 Å². The molecule has 134 valence electrons. The number of piperidine rings is 1. The second-order valence-electron chi connectivity index (χ2n) is 6.13. The average molecular weight is 381 g/mol. The standard InChI is InChI=1S/C19H21ClN2O2.ClH/c20-17-7-3-14(4-8-17)13-22(19(23)24)18-9-5-15(6-10-18)16-2-1-11-21-12-16;/h3-10,16,21H,1-2,11-13H2,(H,23,24);1H/t16-;/m1./s1. The molecule has 1 fully saturated rings. The summed E-state index contributed by atoms with van der Waals surface area (Å²) in [7, 11) is 0. The summed E-state index contributed by atoms with van der Waals surface area (Å²) in [5.41, 5.74) is 2.86. The van der Waals surface area contributed by atoms with Gasteiger partial charge in [-0.15, -0.1) is 12.4 Å². The van der Waals surface area contributed by atoms with Gasteiger partial charge in [0, 0.05) is 17.3 Å². The SMILES string of the molecule is Cl.O=C(O)N(Cc1ccc(Cl)cc1)c1ccc([C@@H]2CCCNC2)cc1. The van der Waals surface area contributed by atoms with Gasteiger partial charge in [-0.1, -0.05) is 35.9 Å². The van der Waals surface area contributed by atoms with E-state index in [1.54, 1.807) is 12.1 Å². The number of nitrogens with zero attached hydrogens (tertiary/aromatic N) is 1. The minimum absolute atomic E-state index is 0. The first-order valence-corrected chi connectivity index (χ1v) is 8.57. The van der Waals surface area contributed by atoms with Crippen LogP contribution in [-0.4, -0.2) is 24.3 Å². The first-order valence-electron chi connectivity index (χ1n) is 8.19. The monoisotopic (exact) mass is 380 g/mol. The van der Waals surface area contributed by atoms with Gasteiger partial charge in [0.05, 0.1) is 6.54 Å². The molecule has 0 aliphatic carbocycles. The van der Waals surface area contributed by atoms with Crippen LogP contribution in [0.1, 0.15) is 29.9 Å². The van der Waals surface area contributed by atoms with Gasteiger partial charge in [0.2, 0.25) is 0 Å². The van der Waals surface area contributed by atoms with Gasteiger partial charge in [0.15, 0.2) is 0 Å². The molecule has 1 amide bonds. The maximum absolute atomic E-state index is 11.6. The molecule has 1 saturated heterocycles.